The molecule has 0 fully saturated rings. The van der Waals surface area contributed by atoms with Gasteiger partial charge in [-0.05, 0) is 67.6 Å². The third-order valence-corrected chi connectivity index (χ3v) is 9.04. The van der Waals surface area contributed by atoms with Crippen molar-refractivity contribution in [1.29, 1.82) is 0 Å². The second kappa shape index (κ2) is 16.5. The van der Waals surface area contributed by atoms with Crippen molar-refractivity contribution in [2.75, 3.05) is 0 Å². The van der Waals surface area contributed by atoms with E-state index in [0.29, 0.717) is 5.58 Å². The summed E-state index contributed by atoms with van der Waals surface area (Å²) >= 11 is 0. The molecule has 0 saturated heterocycles. The van der Waals surface area contributed by atoms with E-state index in [1.807, 2.05) is 40.7 Å². The third kappa shape index (κ3) is 9.64. The van der Waals surface area contributed by atoms with Crippen molar-refractivity contribution in [3.8, 4) is 11.3 Å². The summed E-state index contributed by atoms with van der Waals surface area (Å²) in [7, 11) is 0. The van der Waals surface area contributed by atoms with Gasteiger partial charge >= 0.3 is 0 Å². The molecule has 0 unspecified atom stereocenters. The number of rotatable bonds is 9. The fourth-order valence-electron chi connectivity index (χ4n) is 6.27. The van der Waals surface area contributed by atoms with Gasteiger partial charge in [0.2, 0.25) is 0 Å². The van der Waals surface area contributed by atoms with E-state index in [-0.39, 0.29) is 54.3 Å². The molecule has 0 amide bonds. The number of carbonyl (C=O) groups is 1. The van der Waals surface area contributed by atoms with Crippen molar-refractivity contribution in [2.45, 2.75) is 114 Å². The van der Waals surface area contributed by atoms with Crippen LogP contribution in [0.1, 0.15) is 112 Å². The Morgan fingerprint density at radius 3 is 2.14 bits per heavy atom. The summed E-state index contributed by atoms with van der Waals surface area (Å²) in [6.07, 6.45) is 7.51. The van der Waals surface area contributed by atoms with E-state index >= 15 is 0 Å². The maximum atomic E-state index is 11.7. The van der Waals surface area contributed by atoms with E-state index in [9.17, 15) is 9.90 Å². The number of ketones is 1. The number of fused-ring (bicyclic) bond motifs is 4. The first kappa shape index (κ1) is 40.0. The van der Waals surface area contributed by atoms with Gasteiger partial charge in [-0.15, -0.1) is 18.2 Å². The maximum absolute atomic E-state index is 11.7. The SMILES string of the molecule is CCC(CC)C(=O)/C=C(\O)C(CC)CC.Cc1ccc2[c-]c(-c3ncnc4c3oc3cc(CC(C)(C)C)ccc34)cc(C(C)(C)C)c2n1.[Ir]. The molecule has 1 N–H and O–H groups in total. The Hall–Kier alpha value is -3.41. The van der Waals surface area contributed by atoms with Crippen molar-refractivity contribution in [2.24, 2.45) is 17.3 Å². The Bertz CT molecular complexity index is 1920. The van der Waals surface area contributed by atoms with Crippen LogP contribution in [0.15, 0.2) is 59.0 Å². The molecular weight excluding hydrogens is 787 g/mol. The van der Waals surface area contributed by atoms with Crippen LogP contribution in [0.5, 0.6) is 0 Å². The van der Waals surface area contributed by atoms with Crippen molar-refractivity contribution in [1.82, 2.24) is 15.0 Å². The standard InChI is InChI=1S/C29H30N3O.C13H24O2.Ir/c1-17-8-10-19-13-20(14-22(24(19)32-17)29(5,6)7)25-27-26(31-16-30-25)21-11-9-18(12-23(21)33-27)15-28(2,3)4;1-5-10(6-2)12(14)9-13(15)11(7-3)8-4;/h8-12,14,16H,15H2,1-7H3;9-11,14H,5-8H2,1-4H3;/q-1;;/b;12-9-;. The van der Waals surface area contributed by atoms with Crippen LogP contribution in [-0.2, 0) is 36.7 Å². The van der Waals surface area contributed by atoms with E-state index in [2.05, 4.69) is 87.9 Å². The Kier molecular flexibility index (Phi) is 13.5. The van der Waals surface area contributed by atoms with Crippen LogP contribution in [0.2, 0.25) is 0 Å². The Morgan fingerprint density at radius 1 is 0.898 bits per heavy atom. The molecule has 0 aliphatic heterocycles. The molecule has 5 rings (SSSR count). The molecule has 7 heteroatoms. The van der Waals surface area contributed by atoms with Crippen LogP contribution >= 0.6 is 0 Å². The van der Waals surface area contributed by atoms with Crippen LogP contribution < -0.4 is 0 Å². The van der Waals surface area contributed by atoms with E-state index in [1.165, 1.54) is 17.2 Å². The molecular formula is C42H54IrN3O3-. The Labute approximate surface area is 306 Å². The fourth-order valence-corrected chi connectivity index (χ4v) is 6.27. The number of pyridine rings is 1. The minimum absolute atomic E-state index is 0. The van der Waals surface area contributed by atoms with Crippen LogP contribution in [0, 0.1) is 30.2 Å². The average Bonchev–Trinajstić information content (AvgIpc) is 3.38. The summed E-state index contributed by atoms with van der Waals surface area (Å²) < 4.78 is 6.39. The monoisotopic (exact) mass is 841 g/mol. The van der Waals surface area contributed by atoms with Gasteiger partial charge in [0.15, 0.2) is 5.78 Å². The van der Waals surface area contributed by atoms with Crippen LogP contribution in [0.25, 0.3) is 44.2 Å². The normalized spacial score (nSPS) is 12.5. The van der Waals surface area contributed by atoms with Gasteiger partial charge in [0.1, 0.15) is 23.0 Å². The smallest absolute Gasteiger partial charge is 0.162 e. The summed E-state index contributed by atoms with van der Waals surface area (Å²) in [6.45, 7) is 23.5. The van der Waals surface area contributed by atoms with Crippen LogP contribution in [0.4, 0.5) is 0 Å². The van der Waals surface area contributed by atoms with Gasteiger partial charge in [-0.1, -0.05) is 97.9 Å². The van der Waals surface area contributed by atoms with Crippen molar-refractivity contribution in [3.63, 3.8) is 0 Å². The first-order valence-electron chi connectivity index (χ1n) is 17.5. The predicted octanol–water partition coefficient (Wildman–Crippen LogP) is 11.5. The van der Waals surface area contributed by atoms with Gasteiger partial charge in [-0.3, -0.25) is 14.8 Å². The number of aromatic nitrogens is 3. The third-order valence-electron chi connectivity index (χ3n) is 9.04. The summed E-state index contributed by atoms with van der Waals surface area (Å²) in [4.78, 5) is 25.8. The Morgan fingerprint density at radius 2 is 1.55 bits per heavy atom. The maximum Gasteiger partial charge on any atom is 0.162 e. The van der Waals surface area contributed by atoms with E-state index in [1.54, 1.807) is 6.33 Å². The number of hydrogen-bond donors (Lipinski definition) is 1. The molecule has 0 saturated carbocycles. The van der Waals surface area contributed by atoms with Crippen molar-refractivity contribution >= 4 is 38.8 Å². The molecule has 265 valence electrons. The van der Waals surface area contributed by atoms with Gasteiger partial charge in [0.25, 0.3) is 0 Å². The molecule has 3 aromatic heterocycles. The second-order valence-corrected chi connectivity index (χ2v) is 15.3. The van der Waals surface area contributed by atoms with Gasteiger partial charge in [0, 0.05) is 54.6 Å². The van der Waals surface area contributed by atoms with Crippen LogP contribution in [-0.4, -0.2) is 25.8 Å². The van der Waals surface area contributed by atoms with Crippen LogP contribution in [0.3, 0.4) is 0 Å². The number of hydrogen-bond acceptors (Lipinski definition) is 6. The fraction of sp³-hybridized carbons (Fsp3) is 0.476. The van der Waals surface area contributed by atoms with Gasteiger partial charge in [-0.2, -0.15) is 0 Å². The largest absolute Gasteiger partial charge is 0.512 e. The summed E-state index contributed by atoms with van der Waals surface area (Å²) in [6, 6.07) is 16.3. The first-order valence-corrected chi connectivity index (χ1v) is 17.5. The molecule has 0 bridgehead atoms. The van der Waals surface area contributed by atoms with Gasteiger partial charge in [0.05, 0.1) is 11.5 Å². The predicted molar refractivity (Wildman–Crippen MR) is 199 cm³/mol. The average molecular weight is 841 g/mol. The summed E-state index contributed by atoms with van der Waals surface area (Å²) in [5, 5.41) is 11.8. The van der Waals surface area contributed by atoms with E-state index < -0.39 is 0 Å². The Balaban J connectivity index is 0.000000347. The number of allylic oxidation sites excluding steroid dienone is 2. The molecule has 0 atom stereocenters. The molecule has 3 heterocycles. The topological polar surface area (TPSA) is 89.1 Å². The van der Waals surface area contributed by atoms with Gasteiger partial charge < -0.3 is 9.52 Å². The second-order valence-electron chi connectivity index (χ2n) is 15.3. The molecule has 5 aromatic rings. The van der Waals surface area contributed by atoms with E-state index in [4.69, 9.17) is 9.40 Å². The molecule has 1 radical (unpaired) electrons. The molecule has 0 aliphatic carbocycles. The van der Waals surface area contributed by atoms with Crippen molar-refractivity contribution < 1.29 is 34.4 Å². The minimum atomic E-state index is -0.0786. The number of carbonyl (C=O) groups excluding carboxylic acids is 1. The molecule has 6 nitrogen and oxygen atoms in total. The zero-order chi connectivity index (χ0) is 35.4. The van der Waals surface area contributed by atoms with Gasteiger partial charge in [-0.25, -0.2) is 4.98 Å². The zero-order valence-electron chi connectivity index (χ0n) is 31.2. The number of furan rings is 1. The number of aliphatic hydroxyl groups is 1. The zero-order valence-corrected chi connectivity index (χ0v) is 33.6. The number of benzene rings is 2. The molecule has 49 heavy (non-hydrogen) atoms. The number of aryl methyl sites for hydroxylation is 1. The first-order chi connectivity index (χ1) is 22.6. The minimum Gasteiger partial charge on any atom is -0.512 e. The number of aliphatic hydroxyl groups excluding tert-OH is 1. The molecule has 0 spiro atoms. The summed E-state index contributed by atoms with van der Waals surface area (Å²) in [5.41, 5.74) is 8.62. The molecule has 2 aromatic carbocycles. The van der Waals surface area contributed by atoms with Crippen molar-refractivity contribution in [3.05, 3.63) is 77.4 Å². The van der Waals surface area contributed by atoms with E-state index in [0.717, 1.165) is 76.4 Å². The quantitative estimate of drug-likeness (QED) is 0.0903. The number of nitrogens with zero attached hydrogens (tertiary/aromatic N) is 3. The molecule has 0 aliphatic rings. The summed E-state index contributed by atoms with van der Waals surface area (Å²) in [5.74, 6) is 0.547.